The molecule has 4 heteroatoms. The number of amides is 1. The number of hydrogen-bond donors (Lipinski definition) is 0. The fraction of sp³-hybridized carbons (Fsp3) is 0.550. The number of carbonyl (C=O) groups is 1. The Hall–Kier alpha value is -1.81. The van der Waals surface area contributed by atoms with Crippen LogP contribution in [0.2, 0.25) is 0 Å². The van der Waals surface area contributed by atoms with Gasteiger partial charge in [0.2, 0.25) is 0 Å². The minimum atomic E-state index is 0.0651. The molecule has 0 saturated carbocycles. The van der Waals surface area contributed by atoms with Crippen molar-refractivity contribution in [2.24, 2.45) is 0 Å². The highest BCUT2D eigenvalue weighted by molar-refractivity contribution is 5.77. The van der Waals surface area contributed by atoms with E-state index < -0.39 is 0 Å². The molecule has 0 bridgehead atoms. The highest BCUT2D eigenvalue weighted by Gasteiger charge is 2.19. The molecule has 132 valence electrons. The lowest BCUT2D eigenvalue weighted by Crippen LogP contribution is -2.38. The lowest BCUT2D eigenvalue weighted by molar-refractivity contribution is -0.133. The van der Waals surface area contributed by atoms with E-state index in [0.29, 0.717) is 0 Å². The zero-order valence-corrected chi connectivity index (χ0v) is 15.3. The van der Waals surface area contributed by atoms with Crippen molar-refractivity contribution in [3.8, 4) is 5.75 Å². The van der Waals surface area contributed by atoms with Gasteiger partial charge in [0, 0.05) is 32.7 Å². The van der Waals surface area contributed by atoms with Crippen LogP contribution in [-0.2, 0) is 10.2 Å². The number of nitrogens with zero attached hydrogens (tertiary/aromatic N) is 2. The molecule has 0 unspecified atom stereocenters. The van der Waals surface area contributed by atoms with Crippen LogP contribution < -0.4 is 4.74 Å². The molecule has 1 aromatic carbocycles. The van der Waals surface area contributed by atoms with Gasteiger partial charge >= 0.3 is 0 Å². The lowest BCUT2D eigenvalue weighted by Gasteiger charge is -2.22. The van der Waals surface area contributed by atoms with Crippen molar-refractivity contribution in [2.45, 2.75) is 32.6 Å². The van der Waals surface area contributed by atoms with Crippen molar-refractivity contribution < 1.29 is 9.53 Å². The molecule has 0 aliphatic carbocycles. The first kappa shape index (κ1) is 18.5. The normalized spacial score (nSPS) is 16.5. The summed E-state index contributed by atoms with van der Waals surface area (Å²) in [6.07, 6.45) is 2.92. The largest absolute Gasteiger partial charge is 0.484 e. The van der Waals surface area contributed by atoms with Gasteiger partial charge in [-0.15, -0.1) is 6.58 Å². The Bertz CT molecular complexity index is 546. The van der Waals surface area contributed by atoms with Gasteiger partial charge in [-0.1, -0.05) is 39.0 Å². The third-order valence-electron chi connectivity index (χ3n) is 4.41. The van der Waals surface area contributed by atoms with E-state index in [0.717, 1.165) is 44.9 Å². The highest BCUT2D eigenvalue weighted by atomic mass is 16.5. The highest BCUT2D eigenvalue weighted by Crippen LogP contribution is 2.24. The second-order valence-corrected chi connectivity index (χ2v) is 7.39. The number of rotatable bonds is 5. The predicted molar refractivity (Wildman–Crippen MR) is 98.5 cm³/mol. The first-order valence-electron chi connectivity index (χ1n) is 8.74. The van der Waals surface area contributed by atoms with E-state index in [4.69, 9.17) is 4.74 Å². The van der Waals surface area contributed by atoms with Crippen LogP contribution in [0.15, 0.2) is 36.9 Å². The second kappa shape index (κ2) is 8.34. The SMILES string of the molecule is C=CCN1CCCN(C(=O)COc2ccc(C(C)(C)C)cc2)CC1. The molecule has 1 heterocycles. The molecule has 0 atom stereocenters. The topological polar surface area (TPSA) is 32.8 Å². The van der Waals surface area contributed by atoms with Crippen LogP contribution in [0.4, 0.5) is 0 Å². The minimum absolute atomic E-state index is 0.0651. The molecule has 0 radical (unpaired) electrons. The van der Waals surface area contributed by atoms with Crippen molar-refractivity contribution in [3.63, 3.8) is 0 Å². The Balaban J connectivity index is 1.83. The molecule has 4 nitrogen and oxygen atoms in total. The van der Waals surface area contributed by atoms with E-state index in [-0.39, 0.29) is 17.9 Å². The van der Waals surface area contributed by atoms with Crippen LogP contribution in [0, 0.1) is 0 Å². The smallest absolute Gasteiger partial charge is 0.260 e. The van der Waals surface area contributed by atoms with Gasteiger partial charge in [-0.25, -0.2) is 0 Å². The average Bonchev–Trinajstić information content (AvgIpc) is 2.78. The van der Waals surface area contributed by atoms with E-state index in [9.17, 15) is 4.79 Å². The van der Waals surface area contributed by atoms with Gasteiger partial charge in [-0.3, -0.25) is 9.69 Å². The van der Waals surface area contributed by atoms with Crippen molar-refractivity contribution in [1.82, 2.24) is 9.80 Å². The molecule has 1 aromatic rings. The Morgan fingerprint density at radius 3 is 2.50 bits per heavy atom. The van der Waals surface area contributed by atoms with Gasteiger partial charge in [0.15, 0.2) is 6.61 Å². The van der Waals surface area contributed by atoms with Crippen LogP contribution in [0.5, 0.6) is 5.75 Å². The molecule has 1 aliphatic rings. The van der Waals surface area contributed by atoms with Gasteiger partial charge < -0.3 is 9.64 Å². The molecule has 1 fully saturated rings. The quantitative estimate of drug-likeness (QED) is 0.778. The van der Waals surface area contributed by atoms with Gasteiger partial charge in [-0.2, -0.15) is 0 Å². The Morgan fingerprint density at radius 2 is 1.88 bits per heavy atom. The number of carbonyl (C=O) groups excluding carboxylic acids is 1. The first-order valence-corrected chi connectivity index (χ1v) is 8.74. The molecule has 1 saturated heterocycles. The molecular weight excluding hydrogens is 300 g/mol. The van der Waals surface area contributed by atoms with Gasteiger partial charge in [-0.05, 0) is 29.5 Å². The summed E-state index contributed by atoms with van der Waals surface area (Å²) in [6, 6.07) is 8.03. The summed E-state index contributed by atoms with van der Waals surface area (Å²) >= 11 is 0. The molecule has 24 heavy (non-hydrogen) atoms. The fourth-order valence-electron chi connectivity index (χ4n) is 2.87. The predicted octanol–water partition coefficient (Wildman–Crippen LogP) is 3.08. The first-order chi connectivity index (χ1) is 11.4. The van der Waals surface area contributed by atoms with Gasteiger partial charge in [0.25, 0.3) is 5.91 Å². The summed E-state index contributed by atoms with van der Waals surface area (Å²) < 4.78 is 5.68. The Labute approximate surface area is 146 Å². The number of ether oxygens (including phenoxy) is 1. The van der Waals surface area contributed by atoms with Crippen molar-refractivity contribution in [1.29, 1.82) is 0 Å². The van der Waals surface area contributed by atoms with E-state index in [1.807, 2.05) is 23.1 Å². The average molecular weight is 330 g/mol. The molecular formula is C20H30N2O2. The van der Waals surface area contributed by atoms with E-state index >= 15 is 0 Å². The zero-order valence-electron chi connectivity index (χ0n) is 15.3. The van der Waals surface area contributed by atoms with Gasteiger partial charge in [0.05, 0.1) is 0 Å². The summed E-state index contributed by atoms with van der Waals surface area (Å²) in [7, 11) is 0. The second-order valence-electron chi connectivity index (χ2n) is 7.39. The third-order valence-corrected chi connectivity index (χ3v) is 4.41. The third kappa shape index (κ3) is 5.38. The van der Waals surface area contributed by atoms with E-state index in [1.165, 1.54) is 5.56 Å². The summed E-state index contributed by atoms with van der Waals surface area (Å²) in [5.74, 6) is 0.815. The van der Waals surface area contributed by atoms with Crippen LogP contribution in [-0.4, -0.2) is 55.0 Å². The van der Waals surface area contributed by atoms with E-state index in [1.54, 1.807) is 0 Å². The maximum absolute atomic E-state index is 12.4. The molecule has 1 aliphatic heterocycles. The summed E-state index contributed by atoms with van der Waals surface area (Å²) in [4.78, 5) is 16.6. The fourth-order valence-corrected chi connectivity index (χ4v) is 2.87. The Kier molecular flexibility index (Phi) is 6.44. The maximum atomic E-state index is 12.4. The number of benzene rings is 1. The number of hydrogen-bond acceptors (Lipinski definition) is 3. The standard InChI is InChI=1S/C20H30N2O2/c1-5-11-21-12-6-13-22(15-14-21)19(23)16-24-18-9-7-17(8-10-18)20(2,3)4/h5,7-10H,1,6,11-16H2,2-4H3. The van der Waals surface area contributed by atoms with Crippen LogP contribution in [0.1, 0.15) is 32.8 Å². The van der Waals surface area contributed by atoms with Crippen LogP contribution in [0.25, 0.3) is 0 Å². The van der Waals surface area contributed by atoms with Crippen molar-refractivity contribution in [2.75, 3.05) is 39.3 Å². The zero-order chi connectivity index (χ0) is 17.6. The Morgan fingerprint density at radius 1 is 1.17 bits per heavy atom. The monoisotopic (exact) mass is 330 g/mol. The molecule has 0 aromatic heterocycles. The summed E-state index contributed by atoms with van der Waals surface area (Å²) in [6.45, 7) is 14.8. The molecule has 1 amide bonds. The van der Waals surface area contributed by atoms with Gasteiger partial charge in [0.1, 0.15) is 5.75 Å². The molecule has 0 spiro atoms. The molecule has 2 rings (SSSR count). The van der Waals surface area contributed by atoms with Crippen molar-refractivity contribution in [3.05, 3.63) is 42.5 Å². The maximum Gasteiger partial charge on any atom is 0.260 e. The van der Waals surface area contributed by atoms with Crippen LogP contribution in [0.3, 0.4) is 0 Å². The van der Waals surface area contributed by atoms with Crippen LogP contribution >= 0.6 is 0 Å². The van der Waals surface area contributed by atoms with E-state index in [2.05, 4.69) is 44.4 Å². The van der Waals surface area contributed by atoms with Crippen molar-refractivity contribution >= 4 is 5.91 Å². The minimum Gasteiger partial charge on any atom is -0.484 e. The summed E-state index contributed by atoms with van der Waals surface area (Å²) in [5.41, 5.74) is 1.38. The summed E-state index contributed by atoms with van der Waals surface area (Å²) in [5, 5.41) is 0. The lowest BCUT2D eigenvalue weighted by atomic mass is 9.87. The molecule has 0 N–H and O–H groups in total.